The molecule has 3 N–H and O–H groups in total. The second kappa shape index (κ2) is 10.7. The van der Waals surface area contributed by atoms with Crippen LogP contribution in [0.2, 0.25) is 0 Å². The fraction of sp³-hybridized carbons (Fsp3) is 0.550. The molecular formula is C20H29N3O4. The first-order valence-corrected chi connectivity index (χ1v) is 9.41. The van der Waals surface area contributed by atoms with Crippen LogP contribution in [-0.2, 0) is 25.5 Å². The molecule has 0 aliphatic carbocycles. The van der Waals surface area contributed by atoms with E-state index >= 15 is 0 Å². The van der Waals surface area contributed by atoms with Crippen molar-refractivity contribution in [3.63, 3.8) is 0 Å². The van der Waals surface area contributed by atoms with Crippen LogP contribution in [0.25, 0.3) is 0 Å². The van der Waals surface area contributed by atoms with Gasteiger partial charge in [0.1, 0.15) is 6.54 Å². The number of hydrogen-bond acceptors (Lipinski definition) is 5. The monoisotopic (exact) mass is 375 g/mol. The van der Waals surface area contributed by atoms with Crippen LogP contribution < -0.4 is 16.0 Å². The number of piperidine rings is 1. The molecule has 0 saturated carbocycles. The van der Waals surface area contributed by atoms with Crippen LogP contribution in [-0.4, -0.2) is 44.5 Å². The molecule has 1 aromatic rings. The molecule has 7 heteroatoms. The van der Waals surface area contributed by atoms with Crippen molar-refractivity contribution in [2.75, 3.05) is 32.1 Å². The number of benzene rings is 1. The quantitative estimate of drug-likeness (QED) is 0.598. The van der Waals surface area contributed by atoms with E-state index in [9.17, 15) is 14.4 Å². The lowest BCUT2D eigenvalue weighted by Crippen LogP contribution is -2.32. The molecule has 27 heavy (non-hydrogen) atoms. The average molecular weight is 375 g/mol. The largest absolute Gasteiger partial charge is 0.468 e. The number of hydrogen-bond donors (Lipinski definition) is 3. The first kappa shape index (κ1) is 20.9. The topological polar surface area (TPSA) is 96.5 Å². The van der Waals surface area contributed by atoms with Crippen LogP contribution in [0.5, 0.6) is 0 Å². The second-order valence-electron chi connectivity index (χ2n) is 7.04. The Kier molecular flexibility index (Phi) is 8.26. The van der Waals surface area contributed by atoms with E-state index in [0.29, 0.717) is 18.3 Å². The van der Waals surface area contributed by atoms with Crippen molar-refractivity contribution in [3.8, 4) is 0 Å². The van der Waals surface area contributed by atoms with Gasteiger partial charge >= 0.3 is 5.97 Å². The summed E-state index contributed by atoms with van der Waals surface area (Å²) in [6.45, 7) is 4.07. The minimum absolute atomic E-state index is 0.0182. The molecular weight excluding hydrogens is 346 g/mol. The van der Waals surface area contributed by atoms with Crippen molar-refractivity contribution in [2.45, 2.75) is 32.6 Å². The van der Waals surface area contributed by atoms with Crippen molar-refractivity contribution in [1.82, 2.24) is 10.6 Å². The minimum atomic E-state index is -0.486. The fourth-order valence-corrected chi connectivity index (χ4v) is 3.28. The maximum Gasteiger partial charge on any atom is 0.325 e. The molecule has 0 bridgehead atoms. The van der Waals surface area contributed by atoms with Gasteiger partial charge in [-0.2, -0.15) is 0 Å². The lowest BCUT2D eigenvalue weighted by molar-refractivity contribution is -0.141. The highest BCUT2D eigenvalue weighted by Gasteiger charge is 2.22. The van der Waals surface area contributed by atoms with E-state index in [1.54, 1.807) is 24.3 Å². The highest BCUT2D eigenvalue weighted by atomic mass is 16.5. The van der Waals surface area contributed by atoms with E-state index < -0.39 is 5.97 Å². The highest BCUT2D eigenvalue weighted by Crippen LogP contribution is 2.24. The Labute approximate surface area is 160 Å². The minimum Gasteiger partial charge on any atom is -0.468 e. The molecule has 2 amide bonds. The number of ether oxygens (including phenoxy) is 1. The normalized spacial score (nSPS) is 15.6. The molecule has 1 saturated heterocycles. The van der Waals surface area contributed by atoms with Gasteiger partial charge in [0.2, 0.25) is 11.8 Å². The first-order valence-electron chi connectivity index (χ1n) is 9.41. The maximum absolute atomic E-state index is 12.3. The molecule has 7 nitrogen and oxygen atoms in total. The van der Waals surface area contributed by atoms with Crippen LogP contribution in [0, 0.1) is 11.8 Å². The second-order valence-corrected chi connectivity index (χ2v) is 7.04. The molecule has 1 aliphatic rings. The Bertz CT molecular complexity index is 639. The van der Waals surface area contributed by atoms with E-state index in [1.807, 2.05) is 0 Å². The molecule has 0 aromatic heterocycles. The molecule has 0 spiro atoms. The number of rotatable bonds is 8. The van der Waals surface area contributed by atoms with Gasteiger partial charge in [-0.05, 0) is 55.5 Å². The van der Waals surface area contributed by atoms with Gasteiger partial charge in [0.05, 0.1) is 13.5 Å². The summed E-state index contributed by atoms with van der Waals surface area (Å²) in [5.74, 6) is 0.241. The number of methoxy groups -OCH3 is 1. The molecule has 1 atom stereocenters. The summed E-state index contributed by atoms with van der Waals surface area (Å²) in [6, 6.07) is 7.17. The maximum atomic E-state index is 12.3. The molecule has 0 radical (unpaired) electrons. The van der Waals surface area contributed by atoms with Crippen molar-refractivity contribution in [3.05, 3.63) is 29.8 Å². The molecule has 1 unspecified atom stereocenters. The fourth-order valence-electron chi connectivity index (χ4n) is 3.28. The van der Waals surface area contributed by atoms with E-state index in [2.05, 4.69) is 27.6 Å². The Morgan fingerprint density at radius 3 is 2.44 bits per heavy atom. The van der Waals surface area contributed by atoms with Crippen LogP contribution in [0.1, 0.15) is 31.7 Å². The first-order chi connectivity index (χ1) is 13.0. The third-order valence-electron chi connectivity index (χ3n) is 4.96. The number of nitrogens with one attached hydrogen (secondary N) is 3. The lowest BCUT2D eigenvalue weighted by atomic mass is 9.84. The van der Waals surface area contributed by atoms with Gasteiger partial charge in [0, 0.05) is 12.1 Å². The summed E-state index contributed by atoms with van der Waals surface area (Å²) in [5.41, 5.74) is 1.52. The summed E-state index contributed by atoms with van der Waals surface area (Å²) in [7, 11) is 1.27. The van der Waals surface area contributed by atoms with Gasteiger partial charge in [0.15, 0.2) is 0 Å². The summed E-state index contributed by atoms with van der Waals surface area (Å²) < 4.78 is 4.47. The summed E-state index contributed by atoms with van der Waals surface area (Å²) in [4.78, 5) is 35.1. The number of carbonyl (C=O) groups excluding carboxylic acids is 3. The van der Waals surface area contributed by atoms with Gasteiger partial charge in [-0.25, -0.2) is 0 Å². The van der Waals surface area contributed by atoms with Crippen LogP contribution >= 0.6 is 0 Å². The summed E-state index contributed by atoms with van der Waals surface area (Å²) in [5, 5.41) is 8.76. The van der Waals surface area contributed by atoms with Gasteiger partial charge in [-0.3, -0.25) is 14.4 Å². The Morgan fingerprint density at radius 2 is 1.81 bits per heavy atom. The van der Waals surface area contributed by atoms with Crippen LogP contribution in [0.15, 0.2) is 24.3 Å². The smallest absolute Gasteiger partial charge is 0.325 e. The molecule has 148 valence electrons. The van der Waals surface area contributed by atoms with E-state index in [0.717, 1.165) is 37.2 Å². The zero-order chi connectivity index (χ0) is 19.6. The number of carbonyl (C=O) groups is 3. The standard InChI is InChI=1S/C20H29N3O4/c1-14(16-7-9-21-10-8-16)11-19(25)23-17-5-3-15(4-6-17)12-18(24)22-13-20(26)27-2/h3-6,14,16,21H,7-13H2,1-2H3,(H,22,24)(H,23,25). The molecule has 1 fully saturated rings. The van der Waals surface area contributed by atoms with Crippen molar-refractivity contribution in [1.29, 1.82) is 0 Å². The van der Waals surface area contributed by atoms with Gasteiger partial charge in [-0.15, -0.1) is 0 Å². The molecule has 1 heterocycles. The van der Waals surface area contributed by atoms with Crippen molar-refractivity contribution in [2.24, 2.45) is 11.8 Å². The molecule has 1 aliphatic heterocycles. The highest BCUT2D eigenvalue weighted by molar-refractivity contribution is 5.91. The summed E-state index contributed by atoms with van der Waals surface area (Å²) in [6.07, 6.45) is 2.93. The zero-order valence-corrected chi connectivity index (χ0v) is 16.0. The third kappa shape index (κ3) is 7.38. The van der Waals surface area contributed by atoms with Crippen LogP contribution in [0.3, 0.4) is 0 Å². The van der Waals surface area contributed by atoms with Gasteiger partial charge < -0.3 is 20.7 Å². The molecule has 1 aromatic carbocycles. The Balaban J connectivity index is 1.76. The molecule has 2 rings (SSSR count). The summed E-state index contributed by atoms with van der Waals surface area (Å²) >= 11 is 0. The predicted molar refractivity (Wildman–Crippen MR) is 103 cm³/mol. The lowest BCUT2D eigenvalue weighted by Gasteiger charge is -2.27. The van der Waals surface area contributed by atoms with Crippen LogP contribution in [0.4, 0.5) is 5.69 Å². The average Bonchev–Trinajstić information content (AvgIpc) is 2.68. The predicted octanol–water partition coefficient (Wildman–Crippen LogP) is 1.48. The number of amides is 2. The number of anilines is 1. The van der Waals surface area contributed by atoms with E-state index in [4.69, 9.17) is 0 Å². The van der Waals surface area contributed by atoms with E-state index in [-0.39, 0.29) is 24.8 Å². The Hall–Kier alpha value is -2.41. The third-order valence-corrected chi connectivity index (χ3v) is 4.96. The SMILES string of the molecule is COC(=O)CNC(=O)Cc1ccc(NC(=O)CC(C)C2CCNCC2)cc1. The van der Waals surface area contributed by atoms with E-state index in [1.165, 1.54) is 7.11 Å². The van der Waals surface area contributed by atoms with Gasteiger partial charge in [0.25, 0.3) is 0 Å². The Morgan fingerprint density at radius 1 is 1.15 bits per heavy atom. The number of esters is 1. The van der Waals surface area contributed by atoms with Gasteiger partial charge in [-0.1, -0.05) is 19.1 Å². The van der Waals surface area contributed by atoms with Crippen molar-refractivity contribution >= 4 is 23.5 Å². The zero-order valence-electron chi connectivity index (χ0n) is 16.0. The van der Waals surface area contributed by atoms with Crippen molar-refractivity contribution < 1.29 is 19.1 Å².